The first-order valence-corrected chi connectivity index (χ1v) is 9.81. The van der Waals surface area contributed by atoms with E-state index in [0.717, 1.165) is 32.4 Å². The van der Waals surface area contributed by atoms with E-state index in [0.29, 0.717) is 11.7 Å². The van der Waals surface area contributed by atoms with Crippen LogP contribution in [0.5, 0.6) is 5.75 Å². The molecule has 0 unspecified atom stereocenters. The molecule has 134 valence electrons. The van der Waals surface area contributed by atoms with Crippen molar-refractivity contribution in [2.45, 2.75) is 77.0 Å². The zero-order chi connectivity index (χ0) is 17.0. The van der Waals surface area contributed by atoms with E-state index in [1.165, 1.54) is 63.4 Å². The van der Waals surface area contributed by atoms with Crippen LogP contribution in [0.4, 0.5) is 0 Å². The molecule has 2 rings (SSSR count). The molecule has 3 heteroatoms. The number of carbonyl (C=O) groups excluding carboxylic acids is 1. The second-order valence-corrected chi connectivity index (χ2v) is 7.08. The van der Waals surface area contributed by atoms with E-state index >= 15 is 0 Å². The quantitative estimate of drug-likeness (QED) is 0.575. The molecular formula is C21H33NO2. The lowest BCUT2D eigenvalue weighted by atomic mass is 10.0. The summed E-state index contributed by atoms with van der Waals surface area (Å²) in [6, 6.07) is 7.56. The summed E-state index contributed by atoms with van der Waals surface area (Å²) in [4.78, 5) is 13.9. The molecule has 0 spiro atoms. The second-order valence-electron chi connectivity index (χ2n) is 7.08. The van der Waals surface area contributed by atoms with E-state index in [-0.39, 0.29) is 0 Å². The molecule has 0 saturated carbocycles. The van der Waals surface area contributed by atoms with Gasteiger partial charge in [0.1, 0.15) is 5.75 Å². The van der Waals surface area contributed by atoms with Crippen LogP contribution in [0.3, 0.4) is 0 Å². The molecule has 24 heavy (non-hydrogen) atoms. The SMILES string of the molecule is O=C(CCCCCCCCCCc1ccc(O)cc1)N1CCCC1. The number of benzene rings is 1. The van der Waals surface area contributed by atoms with Gasteiger partial charge in [-0.05, 0) is 49.8 Å². The molecule has 1 fully saturated rings. The summed E-state index contributed by atoms with van der Waals surface area (Å²) in [5.74, 6) is 0.725. The number of rotatable bonds is 11. The van der Waals surface area contributed by atoms with Gasteiger partial charge in [-0.15, -0.1) is 0 Å². The van der Waals surface area contributed by atoms with Crippen LogP contribution in [0.1, 0.15) is 76.2 Å². The average molecular weight is 332 g/mol. The van der Waals surface area contributed by atoms with Crippen molar-refractivity contribution in [3.05, 3.63) is 29.8 Å². The van der Waals surface area contributed by atoms with Crippen molar-refractivity contribution in [1.82, 2.24) is 4.90 Å². The third-order valence-electron chi connectivity index (χ3n) is 5.00. The molecule has 1 heterocycles. The first-order chi connectivity index (χ1) is 11.8. The van der Waals surface area contributed by atoms with E-state index in [1.807, 2.05) is 17.0 Å². The van der Waals surface area contributed by atoms with Crippen LogP contribution in [-0.2, 0) is 11.2 Å². The molecule has 0 radical (unpaired) electrons. The molecule has 1 aromatic carbocycles. The zero-order valence-corrected chi connectivity index (χ0v) is 15.0. The molecule has 0 atom stereocenters. The van der Waals surface area contributed by atoms with Crippen LogP contribution in [-0.4, -0.2) is 29.0 Å². The Morgan fingerprint density at radius 3 is 2.00 bits per heavy atom. The molecule has 0 aromatic heterocycles. The monoisotopic (exact) mass is 331 g/mol. The molecule has 1 N–H and O–H groups in total. The first-order valence-electron chi connectivity index (χ1n) is 9.81. The highest BCUT2D eigenvalue weighted by Gasteiger charge is 2.16. The fraction of sp³-hybridized carbons (Fsp3) is 0.667. The third kappa shape index (κ3) is 7.37. The van der Waals surface area contributed by atoms with Gasteiger partial charge in [0.15, 0.2) is 0 Å². The largest absolute Gasteiger partial charge is 0.508 e. The Kier molecular flexibility index (Phi) is 8.72. The van der Waals surface area contributed by atoms with E-state index in [1.54, 1.807) is 12.1 Å². The summed E-state index contributed by atoms with van der Waals surface area (Å²) in [5.41, 5.74) is 1.32. The van der Waals surface area contributed by atoms with Gasteiger partial charge in [0, 0.05) is 19.5 Å². The summed E-state index contributed by atoms with van der Waals surface area (Å²) in [5, 5.41) is 9.25. The van der Waals surface area contributed by atoms with Crippen molar-refractivity contribution >= 4 is 5.91 Å². The average Bonchev–Trinajstić information content (AvgIpc) is 3.12. The van der Waals surface area contributed by atoms with Crippen LogP contribution < -0.4 is 0 Å². The van der Waals surface area contributed by atoms with Crippen molar-refractivity contribution in [2.75, 3.05) is 13.1 Å². The highest BCUT2D eigenvalue weighted by molar-refractivity contribution is 5.76. The Morgan fingerprint density at radius 1 is 0.833 bits per heavy atom. The maximum atomic E-state index is 11.9. The van der Waals surface area contributed by atoms with Gasteiger partial charge in [0.25, 0.3) is 0 Å². The molecule has 1 aliphatic rings. The number of amides is 1. The van der Waals surface area contributed by atoms with Crippen LogP contribution in [0.2, 0.25) is 0 Å². The van der Waals surface area contributed by atoms with E-state index < -0.39 is 0 Å². The number of carbonyl (C=O) groups is 1. The number of phenols is 1. The Hall–Kier alpha value is -1.51. The van der Waals surface area contributed by atoms with Crippen LogP contribution in [0.15, 0.2) is 24.3 Å². The van der Waals surface area contributed by atoms with Crippen molar-refractivity contribution in [2.24, 2.45) is 0 Å². The number of aromatic hydroxyl groups is 1. The Morgan fingerprint density at radius 2 is 1.38 bits per heavy atom. The smallest absolute Gasteiger partial charge is 0.222 e. The molecule has 1 aromatic rings. The van der Waals surface area contributed by atoms with Gasteiger partial charge >= 0.3 is 0 Å². The minimum Gasteiger partial charge on any atom is -0.508 e. The number of unbranched alkanes of at least 4 members (excludes halogenated alkanes) is 7. The van der Waals surface area contributed by atoms with Crippen molar-refractivity contribution in [3.63, 3.8) is 0 Å². The highest BCUT2D eigenvalue weighted by Crippen LogP contribution is 2.15. The van der Waals surface area contributed by atoms with Crippen molar-refractivity contribution in [1.29, 1.82) is 0 Å². The van der Waals surface area contributed by atoms with Gasteiger partial charge in [0.2, 0.25) is 5.91 Å². The standard InChI is InChI=1S/C21H33NO2/c23-20-15-13-19(14-16-20)11-7-5-3-1-2-4-6-8-12-21(24)22-17-9-10-18-22/h13-16,23H,1-12,17-18H2. The lowest BCUT2D eigenvalue weighted by Crippen LogP contribution is -2.27. The van der Waals surface area contributed by atoms with Crippen molar-refractivity contribution < 1.29 is 9.90 Å². The molecular weight excluding hydrogens is 298 g/mol. The summed E-state index contributed by atoms with van der Waals surface area (Å²) in [6.45, 7) is 1.98. The molecule has 0 aliphatic carbocycles. The summed E-state index contributed by atoms with van der Waals surface area (Å²) >= 11 is 0. The molecule has 1 amide bonds. The molecule has 3 nitrogen and oxygen atoms in total. The summed E-state index contributed by atoms with van der Waals surface area (Å²) in [7, 11) is 0. The molecule has 1 aliphatic heterocycles. The number of aryl methyl sites for hydroxylation is 1. The summed E-state index contributed by atoms with van der Waals surface area (Å²) in [6.07, 6.45) is 14.2. The van der Waals surface area contributed by atoms with Gasteiger partial charge in [-0.25, -0.2) is 0 Å². The molecule has 1 saturated heterocycles. The number of likely N-dealkylation sites (tertiary alicyclic amines) is 1. The van der Waals surface area contributed by atoms with Crippen LogP contribution >= 0.6 is 0 Å². The minimum atomic E-state index is 0.348. The number of hydrogen-bond donors (Lipinski definition) is 1. The Bertz CT molecular complexity index is 463. The van der Waals surface area contributed by atoms with Gasteiger partial charge in [-0.3, -0.25) is 4.79 Å². The van der Waals surface area contributed by atoms with Gasteiger partial charge < -0.3 is 10.0 Å². The van der Waals surface area contributed by atoms with E-state index in [4.69, 9.17) is 0 Å². The number of hydrogen-bond acceptors (Lipinski definition) is 2. The van der Waals surface area contributed by atoms with Crippen LogP contribution in [0, 0.1) is 0 Å². The predicted octanol–water partition coefficient (Wildman–Crippen LogP) is 5.07. The van der Waals surface area contributed by atoms with Gasteiger partial charge in [-0.2, -0.15) is 0 Å². The number of phenolic OH excluding ortho intramolecular Hbond substituents is 1. The fourth-order valence-electron chi connectivity index (χ4n) is 3.45. The second kappa shape index (κ2) is 11.1. The fourth-order valence-corrected chi connectivity index (χ4v) is 3.45. The lowest BCUT2D eigenvalue weighted by molar-refractivity contribution is -0.130. The topological polar surface area (TPSA) is 40.5 Å². The maximum Gasteiger partial charge on any atom is 0.222 e. The maximum absolute atomic E-state index is 11.9. The van der Waals surface area contributed by atoms with E-state index in [2.05, 4.69) is 0 Å². The first kappa shape index (κ1) is 18.8. The Labute approximate surface area is 147 Å². The van der Waals surface area contributed by atoms with E-state index in [9.17, 15) is 9.90 Å². The van der Waals surface area contributed by atoms with Crippen molar-refractivity contribution in [3.8, 4) is 5.75 Å². The van der Waals surface area contributed by atoms with Gasteiger partial charge in [0.05, 0.1) is 0 Å². The normalized spacial score (nSPS) is 14.2. The lowest BCUT2D eigenvalue weighted by Gasteiger charge is -2.14. The third-order valence-corrected chi connectivity index (χ3v) is 5.00. The minimum absolute atomic E-state index is 0.348. The Balaban J connectivity index is 1.36. The van der Waals surface area contributed by atoms with Crippen LogP contribution in [0.25, 0.3) is 0 Å². The highest BCUT2D eigenvalue weighted by atomic mass is 16.3. The van der Waals surface area contributed by atoms with Gasteiger partial charge in [-0.1, -0.05) is 50.7 Å². The molecule has 0 bridgehead atoms. The summed E-state index contributed by atoms with van der Waals surface area (Å²) < 4.78 is 0. The predicted molar refractivity (Wildman–Crippen MR) is 99.2 cm³/mol. The number of nitrogens with zero attached hydrogens (tertiary/aromatic N) is 1. The zero-order valence-electron chi connectivity index (χ0n) is 15.0.